The van der Waals surface area contributed by atoms with Gasteiger partial charge in [-0.1, -0.05) is 13.8 Å². The lowest BCUT2D eigenvalue weighted by Crippen LogP contribution is -2.61. The number of rotatable bonds is 4. The van der Waals surface area contributed by atoms with Gasteiger partial charge in [-0.25, -0.2) is 0 Å². The number of nitrogens with one attached hydrogen (secondary N) is 2. The number of H-pyrrole nitrogens is 2. The summed E-state index contributed by atoms with van der Waals surface area (Å²) >= 11 is 0. The van der Waals surface area contributed by atoms with Gasteiger partial charge in [-0.2, -0.15) is 0 Å². The van der Waals surface area contributed by atoms with E-state index in [-0.39, 0.29) is 23.9 Å². The van der Waals surface area contributed by atoms with Gasteiger partial charge in [-0.05, 0) is 37.1 Å². The van der Waals surface area contributed by atoms with Crippen LogP contribution in [0.5, 0.6) is 0 Å². The van der Waals surface area contributed by atoms with E-state index in [1.54, 1.807) is 24.5 Å². The van der Waals surface area contributed by atoms with Crippen LogP contribution in [0, 0.1) is 0 Å². The van der Waals surface area contributed by atoms with Crippen molar-refractivity contribution in [3.63, 3.8) is 0 Å². The Morgan fingerprint density at radius 2 is 1.33 bits per heavy atom. The summed E-state index contributed by atoms with van der Waals surface area (Å²) < 4.78 is 0. The Morgan fingerprint density at radius 1 is 0.917 bits per heavy atom. The zero-order valence-corrected chi connectivity index (χ0v) is 14.2. The van der Waals surface area contributed by atoms with Crippen molar-refractivity contribution in [3.8, 4) is 0 Å². The standard InChI is InChI=1S/C18H24N4O2/c1-3-13-11-22(18(24)16-8-6-10-20-16)14(4-2)12-21(13)17(23)15-7-5-9-19-15/h5-10,13-14,19-20H,3-4,11-12H2,1-2H3/t13-,14+. The van der Waals surface area contributed by atoms with E-state index < -0.39 is 0 Å². The Kier molecular flexibility index (Phi) is 4.74. The second kappa shape index (κ2) is 6.95. The molecule has 2 atom stereocenters. The second-order valence-electron chi connectivity index (χ2n) is 6.21. The molecule has 6 heteroatoms. The number of hydrogen-bond acceptors (Lipinski definition) is 2. The Balaban J connectivity index is 1.82. The first-order chi connectivity index (χ1) is 11.7. The zero-order valence-electron chi connectivity index (χ0n) is 14.2. The van der Waals surface area contributed by atoms with Crippen LogP contribution in [0.4, 0.5) is 0 Å². The monoisotopic (exact) mass is 328 g/mol. The van der Waals surface area contributed by atoms with Crippen molar-refractivity contribution in [1.29, 1.82) is 0 Å². The average Bonchev–Trinajstić information content (AvgIpc) is 3.32. The van der Waals surface area contributed by atoms with Gasteiger partial charge in [0.2, 0.25) is 0 Å². The molecule has 1 aliphatic heterocycles. The lowest BCUT2D eigenvalue weighted by molar-refractivity contribution is 0.0185. The van der Waals surface area contributed by atoms with Gasteiger partial charge in [0.25, 0.3) is 11.8 Å². The first-order valence-electron chi connectivity index (χ1n) is 8.54. The minimum atomic E-state index is 0.0114. The minimum absolute atomic E-state index is 0.0114. The molecule has 0 saturated carbocycles. The molecule has 3 rings (SSSR count). The molecule has 2 amide bonds. The Hall–Kier alpha value is -2.50. The van der Waals surface area contributed by atoms with Crippen LogP contribution >= 0.6 is 0 Å². The number of hydrogen-bond donors (Lipinski definition) is 2. The number of amides is 2. The maximum absolute atomic E-state index is 12.8. The number of carbonyl (C=O) groups excluding carboxylic acids is 2. The predicted octanol–water partition coefficient (Wildman–Crippen LogP) is 2.50. The zero-order chi connectivity index (χ0) is 17.1. The summed E-state index contributed by atoms with van der Waals surface area (Å²) in [6.45, 7) is 5.26. The first-order valence-corrected chi connectivity index (χ1v) is 8.54. The average molecular weight is 328 g/mol. The predicted molar refractivity (Wildman–Crippen MR) is 91.8 cm³/mol. The number of aromatic nitrogens is 2. The van der Waals surface area contributed by atoms with Gasteiger partial charge in [-0.15, -0.1) is 0 Å². The molecule has 1 saturated heterocycles. The highest BCUT2D eigenvalue weighted by atomic mass is 16.2. The smallest absolute Gasteiger partial charge is 0.270 e. The van der Waals surface area contributed by atoms with Crippen molar-refractivity contribution < 1.29 is 9.59 Å². The summed E-state index contributed by atoms with van der Waals surface area (Å²) in [4.78, 5) is 35.4. The molecule has 3 heterocycles. The molecule has 0 aromatic carbocycles. The van der Waals surface area contributed by atoms with Crippen LogP contribution in [0.15, 0.2) is 36.7 Å². The number of piperazine rings is 1. The van der Waals surface area contributed by atoms with E-state index in [4.69, 9.17) is 0 Å². The Bertz CT molecular complexity index is 618. The highest BCUT2D eigenvalue weighted by Gasteiger charge is 2.37. The van der Waals surface area contributed by atoms with Gasteiger partial charge in [0, 0.05) is 37.6 Å². The Morgan fingerprint density at radius 3 is 1.62 bits per heavy atom. The summed E-state index contributed by atoms with van der Waals surface area (Å²) in [5.74, 6) is 0.0227. The van der Waals surface area contributed by atoms with Crippen LogP contribution in [0.1, 0.15) is 47.7 Å². The summed E-state index contributed by atoms with van der Waals surface area (Å²) in [6.07, 6.45) is 5.15. The lowest BCUT2D eigenvalue weighted by Gasteiger charge is -2.46. The van der Waals surface area contributed by atoms with Crippen LogP contribution in [0.3, 0.4) is 0 Å². The molecule has 1 aliphatic rings. The number of carbonyl (C=O) groups is 2. The number of aromatic amines is 2. The van der Waals surface area contributed by atoms with Crippen LogP contribution in [0.2, 0.25) is 0 Å². The molecule has 2 aromatic rings. The fourth-order valence-electron chi connectivity index (χ4n) is 3.38. The molecule has 2 aromatic heterocycles. The Labute approximate surface area is 141 Å². The molecule has 0 aliphatic carbocycles. The topological polar surface area (TPSA) is 72.2 Å². The van der Waals surface area contributed by atoms with E-state index >= 15 is 0 Å². The third-order valence-corrected chi connectivity index (χ3v) is 4.82. The van der Waals surface area contributed by atoms with Crippen LogP contribution in [-0.4, -0.2) is 56.8 Å². The fourth-order valence-corrected chi connectivity index (χ4v) is 3.38. The molecule has 1 fully saturated rings. The van der Waals surface area contributed by atoms with Gasteiger partial charge >= 0.3 is 0 Å². The van der Waals surface area contributed by atoms with Crippen LogP contribution < -0.4 is 0 Å². The highest BCUT2D eigenvalue weighted by molar-refractivity contribution is 5.94. The van der Waals surface area contributed by atoms with Crippen molar-refractivity contribution in [3.05, 3.63) is 48.0 Å². The molecule has 128 valence electrons. The molecule has 0 bridgehead atoms. The van der Waals surface area contributed by atoms with Gasteiger partial charge in [0.15, 0.2) is 0 Å². The highest BCUT2D eigenvalue weighted by Crippen LogP contribution is 2.23. The summed E-state index contributed by atoms with van der Waals surface area (Å²) in [5, 5.41) is 0. The molecule has 6 nitrogen and oxygen atoms in total. The van der Waals surface area contributed by atoms with Gasteiger partial charge in [0.05, 0.1) is 0 Å². The van der Waals surface area contributed by atoms with E-state index in [9.17, 15) is 9.59 Å². The third kappa shape index (κ3) is 2.96. The lowest BCUT2D eigenvalue weighted by atomic mass is 10.0. The SMILES string of the molecule is CC[C@@H]1CN(C(=O)c2ccc[nH]2)[C@@H](CC)CN1C(=O)c1ccc[nH]1. The van der Waals surface area contributed by atoms with Crippen molar-refractivity contribution >= 4 is 11.8 Å². The largest absolute Gasteiger partial charge is 0.357 e. The first kappa shape index (κ1) is 16.4. The second-order valence-corrected chi connectivity index (χ2v) is 6.21. The van der Waals surface area contributed by atoms with Crippen molar-refractivity contribution in [2.75, 3.05) is 13.1 Å². The molecule has 0 radical (unpaired) electrons. The van der Waals surface area contributed by atoms with E-state index in [1.165, 1.54) is 0 Å². The van der Waals surface area contributed by atoms with E-state index in [0.717, 1.165) is 12.8 Å². The molecule has 0 unspecified atom stereocenters. The number of nitrogens with zero attached hydrogens (tertiary/aromatic N) is 2. The van der Waals surface area contributed by atoms with Gasteiger partial charge in [-0.3, -0.25) is 9.59 Å². The molecular weight excluding hydrogens is 304 g/mol. The van der Waals surface area contributed by atoms with Crippen molar-refractivity contribution in [2.45, 2.75) is 38.8 Å². The maximum atomic E-state index is 12.8. The molecule has 2 N–H and O–H groups in total. The molecular formula is C18H24N4O2. The van der Waals surface area contributed by atoms with E-state index in [1.807, 2.05) is 21.9 Å². The normalized spacial score (nSPS) is 21.1. The molecule has 24 heavy (non-hydrogen) atoms. The van der Waals surface area contributed by atoms with Gasteiger partial charge in [0.1, 0.15) is 11.4 Å². The summed E-state index contributed by atoms with van der Waals surface area (Å²) in [7, 11) is 0. The van der Waals surface area contributed by atoms with Crippen molar-refractivity contribution in [2.24, 2.45) is 0 Å². The third-order valence-electron chi connectivity index (χ3n) is 4.82. The molecule has 0 spiro atoms. The van der Waals surface area contributed by atoms with E-state index in [0.29, 0.717) is 24.5 Å². The summed E-state index contributed by atoms with van der Waals surface area (Å²) in [6, 6.07) is 7.32. The maximum Gasteiger partial charge on any atom is 0.270 e. The van der Waals surface area contributed by atoms with Gasteiger partial charge < -0.3 is 19.8 Å². The fraction of sp³-hybridized carbons (Fsp3) is 0.444. The minimum Gasteiger partial charge on any atom is -0.357 e. The van der Waals surface area contributed by atoms with Crippen molar-refractivity contribution in [1.82, 2.24) is 19.8 Å². The quantitative estimate of drug-likeness (QED) is 0.905. The summed E-state index contributed by atoms with van der Waals surface area (Å²) in [5.41, 5.74) is 1.21. The van der Waals surface area contributed by atoms with Crippen LogP contribution in [0.25, 0.3) is 0 Å². The van der Waals surface area contributed by atoms with Crippen LogP contribution in [-0.2, 0) is 0 Å². The van der Waals surface area contributed by atoms with E-state index in [2.05, 4.69) is 23.8 Å².